The molecule has 0 radical (unpaired) electrons. The number of hydrogen-bond acceptors (Lipinski definition) is 2. The maximum atomic E-state index is 10.1. The summed E-state index contributed by atoms with van der Waals surface area (Å²) in [4.78, 5) is 0. The zero-order valence-electron chi connectivity index (χ0n) is 3.96. The van der Waals surface area contributed by atoms with Crippen LogP contribution in [-0.4, -0.2) is 17.2 Å². The second kappa shape index (κ2) is 1.37. The van der Waals surface area contributed by atoms with Gasteiger partial charge in [-0.05, 0) is 12.8 Å². The summed E-state index contributed by atoms with van der Waals surface area (Å²) in [6.07, 6.45) is 0.737. The molecule has 3 nitrogen and oxygen atoms in total. The molecular weight excluding hydrogens is 152 g/mol. The van der Waals surface area contributed by atoms with E-state index in [-0.39, 0.29) is 0 Å². The van der Waals surface area contributed by atoms with E-state index in [0.717, 1.165) is 0 Å². The fourth-order valence-electron chi connectivity index (χ4n) is 0.356. The molecule has 1 aliphatic rings. The number of alkyl halides is 1. The second-order valence-electron chi connectivity index (χ2n) is 1.86. The van der Waals surface area contributed by atoms with E-state index < -0.39 is 14.3 Å². The average Bonchev–Trinajstić information content (AvgIpc) is 2.16. The molecule has 0 atom stereocenters. The molecule has 1 fully saturated rings. The zero-order valence-corrected chi connectivity index (χ0v) is 5.54. The van der Waals surface area contributed by atoms with Gasteiger partial charge in [-0.1, -0.05) is 11.6 Å². The quantitative estimate of drug-likeness (QED) is 0.447. The van der Waals surface area contributed by atoms with E-state index in [2.05, 4.69) is 0 Å². The molecule has 5 heteroatoms. The van der Waals surface area contributed by atoms with Crippen LogP contribution in [0, 0.1) is 0 Å². The van der Waals surface area contributed by atoms with E-state index >= 15 is 0 Å². The Kier molecular flexibility index (Phi) is 1.08. The first-order chi connectivity index (χ1) is 3.46. The third-order valence-electron chi connectivity index (χ3n) is 1.11. The van der Waals surface area contributed by atoms with Gasteiger partial charge in [-0.15, -0.1) is 0 Å². The molecule has 0 aromatic carbocycles. The molecule has 0 aromatic heterocycles. The molecule has 1 N–H and O–H groups in total. The minimum Gasteiger partial charge on any atom is -0.284 e. The first kappa shape index (κ1) is 6.32. The Bertz CT molecular complexity index is 191. The Morgan fingerprint density at radius 3 is 1.88 bits per heavy atom. The fraction of sp³-hybridized carbons (Fsp3) is 1.00. The zero-order chi connectivity index (χ0) is 6.41. The van der Waals surface area contributed by atoms with Crippen molar-refractivity contribution in [1.29, 1.82) is 0 Å². The highest BCUT2D eigenvalue weighted by Gasteiger charge is 2.52. The number of halogens is 1. The van der Waals surface area contributed by atoms with Crippen molar-refractivity contribution in [3.63, 3.8) is 0 Å². The van der Waals surface area contributed by atoms with Crippen LogP contribution >= 0.6 is 11.6 Å². The first-order valence-electron chi connectivity index (χ1n) is 2.12. The summed E-state index contributed by atoms with van der Waals surface area (Å²) < 4.78 is 27.2. The van der Waals surface area contributed by atoms with Crippen LogP contribution in [0.3, 0.4) is 0 Å². The van der Waals surface area contributed by atoms with Gasteiger partial charge in [-0.25, -0.2) is 0 Å². The molecule has 0 aromatic rings. The molecule has 0 spiro atoms. The third kappa shape index (κ3) is 0.831. The predicted octanol–water partition coefficient (Wildman–Crippen LogP) is 0.603. The van der Waals surface area contributed by atoms with Gasteiger partial charge in [-0.3, -0.25) is 4.55 Å². The Balaban J connectivity index is 2.90. The molecule has 0 unspecified atom stereocenters. The van der Waals surface area contributed by atoms with Gasteiger partial charge in [0.25, 0.3) is 10.1 Å². The lowest BCUT2D eigenvalue weighted by molar-refractivity contribution is 0.477. The lowest BCUT2D eigenvalue weighted by Crippen LogP contribution is -2.13. The molecule has 0 heterocycles. The first-order valence-corrected chi connectivity index (χ1v) is 3.93. The summed E-state index contributed by atoms with van der Waals surface area (Å²) in [7, 11) is -3.96. The van der Waals surface area contributed by atoms with E-state index in [1.807, 2.05) is 0 Å². The summed E-state index contributed by atoms with van der Waals surface area (Å²) in [6, 6.07) is 0. The van der Waals surface area contributed by atoms with Crippen molar-refractivity contribution < 1.29 is 13.0 Å². The van der Waals surface area contributed by atoms with Gasteiger partial charge in [-0.2, -0.15) is 8.42 Å². The summed E-state index contributed by atoms with van der Waals surface area (Å²) >= 11 is 5.28. The average molecular weight is 157 g/mol. The van der Waals surface area contributed by atoms with Gasteiger partial charge in [0.05, 0.1) is 0 Å². The van der Waals surface area contributed by atoms with Crippen molar-refractivity contribution in [3.05, 3.63) is 0 Å². The van der Waals surface area contributed by atoms with E-state index in [4.69, 9.17) is 16.2 Å². The Morgan fingerprint density at radius 1 is 1.50 bits per heavy atom. The van der Waals surface area contributed by atoms with Gasteiger partial charge in [0.2, 0.25) is 0 Å². The van der Waals surface area contributed by atoms with E-state index in [9.17, 15) is 8.42 Å². The standard InChI is InChI=1S/C3H5ClO3S/c4-3(1-2-3)8(5,6)7/h1-2H2,(H,5,6,7). The molecule has 0 saturated heterocycles. The van der Waals surface area contributed by atoms with Crippen LogP contribution in [-0.2, 0) is 10.1 Å². The second-order valence-corrected chi connectivity index (χ2v) is 4.54. The van der Waals surface area contributed by atoms with Crippen molar-refractivity contribution >= 4 is 21.7 Å². The molecule has 0 bridgehead atoms. The molecule has 48 valence electrons. The Labute approximate surface area is 52.4 Å². The molecule has 8 heavy (non-hydrogen) atoms. The smallest absolute Gasteiger partial charge is 0.284 e. The topological polar surface area (TPSA) is 54.4 Å². The minimum absolute atomic E-state index is 0.368. The predicted molar refractivity (Wildman–Crippen MR) is 29.4 cm³/mol. The number of hydrogen-bond donors (Lipinski definition) is 1. The van der Waals surface area contributed by atoms with Crippen molar-refractivity contribution in [2.24, 2.45) is 0 Å². The summed E-state index contributed by atoms with van der Waals surface area (Å²) in [6.45, 7) is 0. The fourth-order valence-corrected chi connectivity index (χ4v) is 1.07. The highest BCUT2D eigenvalue weighted by Crippen LogP contribution is 2.46. The van der Waals surface area contributed by atoms with Gasteiger partial charge >= 0.3 is 0 Å². The third-order valence-corrected chi connectivity index (χ3v) is 3.40. The van der Waals surface area contributed by atoms with Gasteiger partial charge in [0.1, 0.15) is 0 Å². The van der Waals surface area contributed by atoms with Crippen molar-refractivity contribution in [3.8, 4) is 0 Å². The summed E-state index contributed by atoms with van der Waals surface area (Å²) in [5, 5.41) is 0. The normalized spacial score (nSPS) is 25.2. The highest BCUT2D eigenvalue weighted by atomic mass is 35.5. The van der Waals surface area contributed by atoms with Crippen molar-refractivity contribution in [2.75, 3.05) is 0 Å². The lowest BCUT2D eigenvalue weighted by Gasteiger charge is -1.96. The number of rotatable bonds is 1. The molecule has 0 aliphatic heterocycles. The lowest BCUT2D eigenvalue weighted by atomic mass is 11.0. The van der Waals surface area contributed by atoms with Crippen LogP contribution in [0.2, 0.25) is 0 Å². The molecule has 1 saturated carbocycles. The van der Waals surface area contributed by atoms with E-state index in [1.54, 1.807) is 0 Å². The Morgan fingerprint density at radius 2 is 1.88 bits per heavy atom. The maximum Gasteiger partial charge on any atom is 0.284 e. The molecule has 0 amide bonds. The van der Waals surface area contributed by atoms with Gasteiger partial charge in [0.15, 0.2) is 4.21 Å². The van der Waals surface area contributed by atoms with Crippen LogP contribution in [0.4, 0.5) is 0 Å². The minimum atomic E-state index is -3.96. The van der Waals surface area contributed by atoms with Crippen LogP contribution in [0.5, 0.6) is 0 Å². The summed E-state index contributed by atoms with van der Waals surface area (Å²) in [5.41, 5.74) is 0. The molecule has 1 rings (SSSR count). The van der Waals surface area contributed by atoms with Crippen LogP contribution in [0.15, 0.2) is 0 Å². The van der Waals surface area contributed by atoms with Gasteiger partial charge < -0.3 is 0 Å². The molecular formula is C3H5ClO3S. The van der Waals surface area contributed by atoms with Gasteiger partial charge in [0, 0.05) is 0 Å². The highest BCUT2D eigenvalue weighted by molar-refractivity contribution is 7.89. The van der Waals surface area contributed by atoms with Crippen LogP contribution < -0.4 is 0 Å². The van der Waals surface area contributed by atoms with Crippen molar-refractivity contribution in [1.82, 2.24) is 0 Å². The Hall–Kier alpha value is 0.200. The molecule has 1 aliphatic carbocycles. The largest absolute Gasteiger partial charge is 0.284 e. The van der Waals surface area contributed by atoms with Crippen LogP contribution in [0.25, 0.3) is 0 Å². The maximum absolute atomic E-state index is 10.1. The van der Waals surface area contributed by atoms with E-state index in [1.165, 1.54) is 0 Å². The van der Waals surface area contributed by atoms with Crippen LogP contribution in [0.1, 0.15) is 12.8 Å². The monoisotopic (exact) mass is 156 g/mol. The SMILES string of the molecule is O=S(=O)(O)C1(Cl)CC1. The van der Waals surface area contributed by atoms with Crippen molar-refractivity contribution in [2.45, 2.75) is 17.0 Å². The van der Waals surface area contributed by atoms with E-state index in [0.29, 0.717) is 12.8 Å². The summed E-state index contributed by atoms with van der Waals surface area (Å²) in [5.74, 6) is 0.